The van der Waals surface area contributed by atoms with Crippen LogP contribution in [0.5, 0.6) is 0 Å². The summed E-state index contributed by atoms with van der Waals surface area (Å²) in [6.45, 7) is 13.5. The van der Waals surface area contributed by atoms with Crippen molar-refractivity contribution in [3.63, 3.8) is 0 Å². The highest BCUT2D eigenvalue weighted by atomic mass is 16.5. The molecule has 1 aromatic heterocycles. The van der Waals surface area contributed by atoms with Crippen molar-refractivity contribution >= 4 is 0 Å². The van der Waals surface area contributed by atoms with E-state index in [1.54, 1.807) is 0 Å². The number of morpholine rings is 1. The fourth-order valence-corrected chi connectivity index (χ4v) is 2.76. The Hall–Kier alpha value is -0.940. The van der Waals surface area contributed by atoms with E-state index in [4.69, 9.17) is 14.8 Å². The molecule has 0 unspecified atom stereocenters. The van der Waals surface area contributed by atoms with E-state index < -0.39 is 0 Å². The average Bonchev–Trinajstić information content (AvgIpc) is 2.87. The highest BCUT2D eigenvalue weighted by Gasteiger charge is 2.24. The Kier molecular flexibility index (Phi) is 6.18. The lowest BCUT2D eigenvalue weighted by molar-refractivity contribution is 0.0172. The van der Waals surface area contributed by atoms with Gasteiger partial charge in [-0.25, -0.2) is 9.67 Å². The minimum absolute atomic E-state index is 0.319. The van der Waals surface area contributed by atoms with Crippen LogP contribution in [0.2, 0.25) is 0 Å². The monoisotopic (exact) mass is 294 g/mol. The number of rotatable bonds is 7. The number of aryl methyl sites for hydroxylation is 1. The van der Waals surface area contributed by atoms with E-state index in [1.165, 1.54) is 6.42 Å². The van der Waals surface area contributed by atoms with Crippen LogP contribution < -0.4 is 0 Å². The van der Waals surface area contributed by atoms with Gasteiger partial charge in [-0.3, -0.25) is 4.90 Å². The maximum Gasteiger partial charge on any atom is 0.151 e. The van der Waals surface area contributed by atoms with Crippen LogP contribution in [0.25, 0.3) is 0 Å². The zero-order chi connectivity index (χ0) is 15.2. The maximum atomic E-state index is 5.45. The number of unbranched alkanes of at least 4 members (excludes halogenated alkanes) is 1. The second kappa shape index (κ2) is 7.90. The van der Waals surface area contributed by atoms with Crippen LogP contribution in [0.1, 0.15) is 58.2 Å². The molecule has 0 amide bonds. The van der Waals surface area contributed by atoms with Crippen molar-refractivity contribution in [1.82, 2.24) is 19.7 Å². The predicted molar refractivity (Wildman–Crippen MR) is 84.3 cm³/mol. The topological polar surface area (TPSA) is 43.2 Å². The van der Waals surface area contributed by atoms with Gasteiger partial charge >= 0.3 is 0 Å². The summed E-state index contributed by atoms with van der Waals surface area (Å²) in [5, 5.41) is 4.75. The summed E-state index contributed by atoms with van der Waals surface area (Å²) in [4.78, 5) is 7.30. The third-order valence-electron chi connectivity index (χ3n) is 4.03. The molecule has 0 aliphatic carbocycles. The number of hydrogen-bond acceptors (Lipinski definition) is 4. The van der Waals surface area contributed by atoms with Crippen molar-refractivity contribution in [2.24, 2.45) is 5.92 Å². The highest BCUT2D eigenvalue weighted by Crippen LogP contribution is 2.21. The van der Waals surface area contributed by atoms with E-state index in [1.807, 2.05) is 0 Å². The average molecular weight is 294 g/mol. The van der Waals surface area contributed by atoms with Crippen molar-refractivity contribution in [1.29, 1.82) is 0 Å². The van der Waals surface area contributed by atoms with Crippen molar-refractivity contribution < 1.29 is 4.74 Å². The Morgan fingerprint density at radius 1 is 1.19 bits per heavy atom. The molecule has 5 heteroatoms. The molecule has 1 saturated heterocycles. The van der Waals surface area contributed by atoms with Gasteiger partial charge in [-0.15, -0.1) is 0 Å². The molecule has 1 atom stereocenters. The Bertz CT molecular complexity index is 424. The van der Waals surface area contributed by atoms with Crippen LogP contribution >= 0.6 is 0 Å². The van der Waals surface area contributed by atoms with Gasteiger partial charge < -0.3 is 4.74 Å². The molecule has 0 saturated carbocycles. The first-order valence-corrected chi connectivity index (χ1v) is 8.37. The largest absolute Gasteiger partial charge is 0.379 e. The first-order chi connectivity index (χ1) is 10.1. The Labute approximate surface area is 128 Å². The smallest absolute Gasteiger partial charge is 0.151 e. The predicted octanol–water partition coefficient (Wildman–Crippen LogP) is 2.67. The molecule has 1 fully saturated rings. The van der Waals surface area contributed by atoms with Gasteiger partial charge in [0, 0.05) is 26.1 Å². The molecule has 2 heterocycles. The van der Waals surface area contributed by atoms with Crippen molar-refractivity contribution in [2.45, 2.75) is 59.5 Å². The quantitative estimate of drug-likeness (QED) is 0.775. The zero-order valence-electron chi connectivity index (χ0n) is 14.0. The van der Waals surface area contributed by atoms with Gasteiger partial charge in [-0.2, -0.15) is 5.10 Å². The fourth-order valence-electron chi connectivity index (χ4n) is 2.76. The van der Waals surface area contributed by atoms with E-state index in [9.17, 15) is 0 Å². The molecule has 5 nitrogen and oxygen atoms in total. The molecule has 1 aliphatic heterocycles. The lowest BCUT2D eigenvalue weighted by Gasteiger charge is -2.31. The molecule has 2 rings (SSSR count). The second-order valence-corrected chi connectivity index (χ2v) is 6.39. The van der Waals surface area contributed by atoms with Gasteiger partial charge in [-0.05, 0) is 19.3 Å². The van der Waals surface area contributed by atoms with Crippen molar-refractivity contribution in [3.8, 4) is 0 Å². The van der Waals surface area contributed by atoms with Gasteiger partial charge in [0.1, 0.15) is 5.82 Å². The van der Waals surface area contributed by atoms with Crippen LogP contribution in [0.3, 0.4) is 0 Å². The Morgan fingerprint density at radius 3 is 2.52 bits per heavy atom. The third-order valence-corrected chi connectivity index (χ3v) is 4.03. The van der Waals surface area contributed by atoms with Crippen molar-refractivity contribution in [2.75, 3.05) is 26.3 Å². The first kappa shape index (κ1) is 16.4. The van der Waals surface area contributed by atoms with Gasteiger partial charge in [-0.1, -0.05) is 27.2 Å². The Balaban J connectivity index is 2.15. The highest BCUT2D eigenvalue weighted by molar-refractivity contribution is 5.00. The molecule has 1 aliphatic rings. The van der Waals surface area contributed by atoms with E-state index in [0.29, 0.717) is 12.0 Å². The lowest BCUT2D eigenvalue weighted by Crippen LogP contribution is -2.39. The normalized spacial score (nSPS) is 18.3. The molecule has 120 valence electrons. The summed E-state index contributed by atoms with van der Waals surface area (Å²) in [7, 11) is 0. The first-order valence-electron chi connectivity index (χ1n) is 8.37. The van der Waals surface area contributed by atoms with E-state index in [0.717, 1.165) is 57.3 Å². The summed E-state index contributed by atoms with van der Waals surface area (Å²) >= 11 is 0. The van der Waals surface area contributed by atoms with Gasteiger partial charge in [0.25, 0.3) is 0 Å². The van der Waals surface area contributed by atoms with Crippen LogP contribution in [-0.2, 0) is 17.7 Å². The second-order valence-electron chi connectivity index (χ2n) is 6.39. The number of ether oxygens (including phenoxy) is 1. The molecule has 0 aromatic carbocycles. The summed E-state index contributed by atoms with van der Waals surface area (Å²) < 4.78 is 7.59. The third kappa shape index (κ3) is 4.51. The number of hydrogen-bond donors (Lipinski definition) is 0. The molecule has 0 N–H and O–H groups in total. The zero-order valence-corrected chi connectivity index (χ0v) is 14.0. The minimum Gasteiger partial charge on any atom is -0.379 e. The molecule has 0 bridgehead atoms. The van der Waals surface area contributed by atoms with Crippen LogP contribution in [0.4, 0.5) is 0 Å². The lowest BCUT2D eigenvalue weighted by atomic mass is 10.1. The Morgan fingerprint density at radius 2 is 1.90 bits per heavy atom. The summed E-state index contributed by atoms with van der Waals surface area (Å²) in [5.74, 6) is 2.72. The summed E-state index contributed by atoms with van der Waals surface area (Å²) in [6.07, 6.45) is 3.31. The molecular weight excluding hydrogens is 264 g/mol. The van der Waals surface area contributed by atoms with Gasteiger partial charge in [0.2, 0.25) is 0 Å². The molecule has 21 heavy (non-hydrogen) atoms. The van der Waals surface area contributed by atoms with E-state index in [-0.39, 0.29) is 0 Å². The molecular formula is C16H30N4O. The number of nitrogens with zero attached hydrogens (tertiary/aromatic N) is 4. The number of aromatic nitrogens is 3. The van der Waals surface area contributed by atoms with Crippen LogP contribution in [0, 0.1) is 5.92 Å². The molecule has 1 aromatic rings. The summed E-state index contributed by atoms with van der Waals surface area (Å²) in [5.41, 5.74) is 0. The maximum absolute atomic E-state index is 5.45. The van der Waals surface area contributed by atoms with Crippen LogP contribution in [-0.4, -0.2) is 46.0 Å². The minimum atomic E-state index is 0.319. The SMILES string of the molecule is CCCCn1nc(CC(C)C)nc1[C@H](C)N1CCOCC1. The van der Waals surface area contributed by atoms with E-state index in [2.05, 4.69) is 37.3 Å². The standard InChI is InChI=1S/C16H30N4O/c1-5-6-7-20-16(17-15(18-20)12-13(2)3)14(4)19-8-10-21-11-9-19/h13-14H,5-12H2,1-4H3/t14-/m0/s1. The van der Waals surface area contributed by atoms with Crippen LogP contribution in [0.15, 0.2) is 0 Å². The molecule has 0 radical (unpaired) electrons. The van der Waals surface area contributed by atoms with Gasteiger partial charge in [0.15, 0.2) is 5.82 Å². The summed E-state index contributed by atoms with van der Waals surface area (Å²) in [6, 6.07) is 0.319. The molecule has 0 spiro atoms. The van der Waals surface area contributed by atoms with E-state index >= 15 is 0 Å². The van der Waals surface area contributed by atoms with Crippen molar-refractivity contribution in [3.05, 3.63) is 11.6 Å². The van der Waals surface area contributed by atoms with Gasteiger partial charge in [0.05, 0.1) is 19.3 Å². The fraction of sp³-hybridized carbons (Fsp3) is 0.875.